The molecule has 0 radical (unpaired) electrons. The van der Waals surface area contributed by atoms with E-state index in [0.717, 1.165) is 0 Å². The molecule has 0 bridgehead atoms. The number of rotatable bonds is 11. The number of carbonyl (C=O) groups is 4. The van der Waals surface area contributed by atoms with Crippen LogP contribution in [0.15, 0.2) is 29.1 Å². The SMILES string of the molecule is CNc1nc2c(nc(-c3ccc(C=O)cc3)n2[C@@H]2O[C@H](COC(=O)C(C)C)[C@@H](OC(=O)C(C)C)[C@H]2OC(=O)C(C)C)c(=O)[nH]1. The van der Waals surface area contributed by atoms with Crippen LogP contribution in [0.4, 0.5) is 5.95 Å². The average molecular weight is 612 g/mol. The number of aromatic amines is 1. The van der Waals surface area contributed by atoms with Gasteiger partial charge in [-0.2, -0.15) is 4.98 Å². The first kappa shape index (κ1) is 32.3. The molecule has 0 unspecified atom stereocenters. The molecule has 1 fully saturated rings. The minimum atomic E-state index is -1.26. The molecule has 2 aromatic heterocycles. The molecular formula is C30H37N5O9. The molecule has 0 amide bonds. The third kappa shape index (κ3) is 6.64. The number of aromatic nitrogens is 4. The molecule has 44 heavy (non-hydrogen) atoms. The number of esters is 3. The normalized spacial score (nSPS) is 19.9. The lowest BCUT2D eigenvalue weighted by Gasteiger charge is -2.26. The van der Waals surface area contributed by atoms with Gasteiger partial charge in [0.15, 0.2) is 29.6 Å². The maximum absolute atomic E-state index is 13.1. The molecule has 4 rings (SSSR count). The van der Waals surface area contributed by atoms with Crippen LogP contribution < -0.4 is 10.9 Å². The Morgan fingerprint density at radius 1 is 0.955 bits per heavy atom. The van der Waals surface area contributed by atoms with Crippen LogP contribution in [0.5, 0.6) is 0 Å². The highest BCUT2D eigenvalue weighted by molar-refractivity contribution is 5.80. The van der Waals surface area contributed by atoms with Gasteiger partial charge in [-0.1, -0.05) is 65.8 Å². The Labute approximate surface area is 253 Å². The molecule has 4 atom stereocenters. The first-order valence-electron chi connectivity index (χ1n) is 14.3. The highest BCUT2D eigenvalue weighted by Crippen LogP contribution is 2.39. The van der Waals surface area contributed by atoms with Crippen molar-refractivity contribution >= 4 is 41.3 Å². The number of nitrogens with one attached hydrogen (secondary N) is 2. The highest BCUT2D eigenvalue weighted by atomic mass is 16.7. The minimum Gasteiger partial charge on any atom is -0.463 e. The van der Waals surface area contributed by atoms with Gasteiger partial charge in [0.2, 0.25) is 5.95 Å². The summed E-state index contributed by atoms with van der Waals surface area (Å²) < 4.78 is 25.2. The van der Waals surface area contributed by atoms with E-state index in [1.807, 2.05) is 0 Å². The van der Waals surface area contributed by atoms with E-state index in [4.69, 9.17) is 18.9 Å². The van der Waals surface area contributed by atoms with Crippen molar-refractivity contribution in [1.82, 2.24) is 19.5 Å². The highest BCUT2D eigenvalue weighted by Gasteiger charge is 2.52. The Morgan fingerprint density at radius 2 is 1.55 bits per heavy atom. The zero-order valence-electron chi connectivity index (χ0n) is 25.7. The van der Waals surface area contributed by atoms with E-state index < -0.39 is 65.8 Å². The summed E-state index contributed by atoms with van der Waals surface area (Å²) in [7, 11) is 1.57. The Kier molecular flexibility index (Phi) is 9.82. The molecule has 1 aliphatic rings. The molecule has 236 valence electrons. The van der Waals surface area contributed by atoms with Crippen molar-refractivity contribution in [2.24, 2.45) is 17.8 Å². The van der Waals surface area contributed by atoms with E-state index in [-0.39, 0.29) is 29.5 Å². The van der Waals surface area contributed by atoms with Gasteiger partial charge in [-0.15, -0.1) is 0 Å². The number of benzene rings is 1. The predicted molar refractivity (Wildman–Crippen MR) is 158 cm³/mol. The molecule has 3 aromatic rings. The Balaban J connectivity index is 1.95. The predicted octanol–water partition coefficient (Wildman–Crippen LogP) is 2.87. The van der Waals surface area contributed by atoms with Crippen LogP contribution in [-0.4, -0.2) is 75.7 Å². The Morgan fingerprint density at radius 3 is 2.09 bits per heavy atom. The van der Waals surface area contributed by atoms with Crippen LogP contribution in [0.2, 0.25) is 0 Å². The lowest BCUT2D eigenvalue weighted by atomic mass is 10.1. The lowest BCUT2D eigenvalue weighted by molar-refractivity contribution is -0.173. The molecule has 0 saturated carbocycles. The third-order valence-corrected chi connectivity index (χ3v) is 6.94. The van der Waals surface area contributed by atoms with E-state index in [1.165, 1.54) is 4.57 Å². The molecule has 14 nitrogen and oxygen atoms in total. The largest absolute Gasteiger partial charge is 0.463 e. The van der Waals surface area contributed by atoms with Crippen molar-refractivity contribution < 1.29 is 38.1 Å². The number of hydrogen-bond donors (Lipinski definition) is 2. The van der Waals surface area contributed by atoms with Crippen molar-refractivity contribution in [3.63, 3.8) is 0 Å². The number of imidazole rings is 1. The van der Waals surface area contributed by atoms with E-state index >= 15 is 0 Å². The number of carbonyl (C=O) groups excluding carboxylic acids is 4. The third-order valence-electron chi connectivity index (χ3n) is 6.94. The molecule has 0 aliphatic carbocycles. The maximum atomic E-state index is 13.1. The fraction of sp³-hybridized carbons (Fsp3) is 0.500. The van der Waals surface area contributed by atoms with Gasteiger partial charge < -0.3 is 24.3 Å². The summed E-state index contributed by atoms with van der Waals surface area (Å²) in [5.41, 5.74) is 0.390. The van der Waals surface area contributed by atoms with Gasteiger partial charge in [-0.3, -0.25) is 33.5 Å². The first-order valence-corrected chi connectivity index (χ1v) is 14.3. The van der Waals surface area contributed by atoms with Crippen molar-refractivity contribution in [3.05, 3.63) is 40.2 Å². The molecular weight excluding hydrogens is 574 g/mol. The van der Waals surface area contributed by atoms with Crippen LogP contribution in [0.3, 0.4) is 0 Å². The number of fused-ring (bicyclic) bond motifs is 1. The number of hydrogen-bond acceptors (Lipinski definition) is 12. The minimum absolute atomic E-state index is 0.0404. The van der Waals surface area contributed by atoms with Gasteiger partial charge in [0.25, 0.3) is 5.56 Å². The van der Waals surface area contributed by atoms with Crippen LogP contribution in [0.25, 0.3) is 22.6 Å². The van der Waals surface area contributed by atoms with E-state index in [1.54, 1.807) is 72.9 Å². The van der Waals surface area contributed by atoms with E-state index in [0.29, 0.717) is 17.4 Å². The van der Waals surface area contributed by atoms with Crippen LogP contribution in [0.1, 0.15) is 58.1 Å². The smallest absolute Gasteiger partial charge is 0.308 e. The summed E-state index contributed by atoms with van der Waals surface area (Å²) in [5, 5.41) is 2.80. The summed E-state index contributed by atoms with van der Waals surface area (Å²) in [6.45, 7) is 9.63. The molecule has 0 spiro atoms. The summed E-state index contributed by atoms with van der Waals surface area (Å²) in [6, 6.07) is 6.43. The maximum Gasteiger partial charge on any atom is 0.308 e. The second-order valence-corrected chi connectivity index (χ2v) is 11.3. The van der Waals surface area contributed by atoms with Crippen molar-refractivity contribution in [3.8, 4) is 11.4 Å². The molecule has 14 heteroatoms. The Hall–Kier alpha value is -4.59. The van der Waals surface area contributed by atoms with Crippen LogP contribution in [-0.2, 0) is 33.3 Å². The first-order chi connectivity index (χ1) is 20.9. The number of anilines is 1. The summed E-state index contributed by atoms with van der Waals surface area (Å²) >= 11 is 0. The zero-order chi connectivity index (χ0) is 32.3. The second kappa shape index (κ2) is 13.4. The standard InChI is InChI=1S/C30H37N5O9/c1-14(2)27(38)41-13-19-21(43-28(39)15(3)4)22(44-29(40)16(5)6)26(42-19)35-23(18-10-8-17(12-36)9-11-18)32-20-24(35)33-30(31-7)34-25(20)37/h8-12,14-16,19,21-22,26H,13H2,1-7H3,(H2,31,33,34,37)/t19-,21-,22-,26-/m1/s1. The monoisotopic (exact) mass is 611 g/mol. The number of ether oxygens (including phenoxy) is 4. The van der Waals surface area contributed by atoms with Crippen LogP contribution in [0, 0.1) is 17.8 Å². The zero-order valence-corrected chi connectivity index (χ0v) is 25.7. The molecule has 1 aromatic carbocycles. The fourth-order valence-electron chi connectivity index (χ4n) is 4.45. The number of H-pyrrole nitrogens is 1. The van der Waals surface area contributed by atoms with Crippen molar-refractivity contribution in [2.45, 2.75) is 66.1 Å². The van der Waals surface area contributed by atoms with Gasteiger partial charge in [-0.05, 0) is 0 Å². The summed E-state index contributed by atoms with van der Waals surface area (Å²) in [5.74, 6) is -2.88. The quantitative estimate of drug-likeness (QED) is 0.184. The molecule has 1 aliphatic heterocycles. The van der Waals surface area contributed by atoms with E-state index in [2.05, 4.69) is 20.3 Å². The van der Waals surface area contributed by atoms with Gasteiger partial charge in [-0.25, -0.2) is 4.98 Å². The van der Waals surface area contributed by atoms with Gasteiger partial charge in [0.05, 0.1) is 17.8 Å². The van der Waals surface area contributed by atoms with Crippen molar-refractivity contribution in [2.75, 3.05) is 19.0 Å². The second-order valence-electron chi connectivity index (χ2n) is 11.3. The van der Waals surface area contributed by atoms with Crippen LogP contribution >= 0.6 is 0 Å². The average Bonchev–Trinajstić information content (AvgIpc) is 3.53. The fourth-order valence-corrected chi connectivity index (χ4v) is 4.45. The van der Waals surface area contributed by atoms with E-state index in [9.17, 15) is 24.0 Å². The molecule has 2 N–H and O–H groups in total. The van der Waals surface area contributed by atoms with Crippen molar-refractivity contribution in [1.29, 1.82) is 0 Å². The molecule has 1 saturated heterocycles. The summed E-state index contributed by atoms with van der Waals surface area (Å²) in [4.78, 5) is 74.5. The Bertz CT molecular complexity index is 1590. The number of aldehydes is 1. The summed E-state index contributed by atoms with van der Waals surface area (Å²) in [6.07, 6.45) is -4.08. The number of nitrogens with zero attached hydrogens (tertiary/aromatic N) is 3. The lowest BCUT2D eigenvalue weighted by Crippen LogP contribution is -2.42. The van der Waals surface area contributed by atoms with Gasteiger partial charge in [0.1, 0.15) is 24.8 Å². The molecule has 3 heterocycles. The van der Waals surface area contributed by atoms with Gasteiger partial charge >= 0.3 is 17.9 Å². The topological polar surface area (TPSA) is 181 Å². The van der Waals surface area contributed by atoms with Gasteiger partial charge in [0, 0.05) is 18.2 Å².